The summed E-state index contributed by atoms with van der Waals surface area (Å²) in [5, 5.41) is 0. The summed E-state index contributed by atoms with van der Waals surface area (Å²) in [5.41, 5.74) is 7.47. The van der Waals surface area contributed by atoms with Crippen molar-refractivity contribution in [1.82, 2.24) is 0 Å². The molecule has 1 fully saturated rings. The van der Waals surface area contributed by atoms with Crippen molar-refractivity contribution >= 4 is 11.3 Å². The number of hydrogen-bond acceptors (Lipinski definition) is 2. The fraction of sp³-hybridized carbons (Fsp3) is 0.619. The second-order valence-electron chi connectivity index (χ2n) is 6.53. The van der Waals surface area contributed by atoms with Crippen molar-refractivity contribution in [1.29, 1.82) is 0 Å². The minimum absolute atomic E-state index is 0.845. The molecule has 23 heavy (non-hydrogen) atoms. The average molecular weight is 316 g/mol. The summed E-state index contributed by atoms with van der Waals surface area (Å²) in [7, 11) is 0. The summed E-state index contributed by atoms with van der Waals surface area (Å²) in [5.74, 6) is 0. The van der Waals surface area contributed by atoms with E-state index < -0.39 is 0 Å². The van der Waals surface area contributed by atoms with E-state index in [1.165, 1.54) is 42.5 Å². The Balaban J connectivity index is 2.31. The number of allylic oxidation sites excluding steroid dienone is 2. The molecule has 128 valence electrons. The number of aryl methyl sites for hydroxylation is 1. The third-order valence-corrected chi connectivity index (χ3v) is 4.80. The zero-order chi connectivity index (χ0) is 16.7. The lowest BCUT2D eigenvalue weighted by atomic mass is 9.89. The molecule has 1 aliphatic rings. The molecule has 0 N–H and O–H groups in total. The van der Waals surface area contributed by atoms with Crippen molar-refractivity contribution in [2.24, 2.45) is 0 Å². The minimum atomic E-state index is 0.845. The van der Waals surface area contributed by atoms with E-state index in [-0.39, 0.29) is 0 Å². The molecule has 0 spiro atoms. The van der Waals surface area contributed by atoms with E-state index in [0.717, 1.165) is 32.7 Å². The first-order valence-corrected chi connectivity index (χ1v) is 9.35. The predicted molar refractivity (Wildman–Crippen MR) is 101 cm³/mol. The van der Waals surface area contributed by atoms with Gasteiger partial charge in [-0.3, -0.25) is 0 Å². The van der Waals surface area contributed by atoms with E-state index in [4.69, 9.17) is 4.74 Å². The second-order valence-corrected chi connectivity index (χ2v) is 6.53. The van der Waals surface area contributed by atoms with E-state index in [1.54, 1.807) is 11.1 Å². The number of hydrogen-bond donors (Lipinski definition) is 0. The molecule has 0 radical (unpaired) electrons. The predicted octanol–water partition coefficient (Wildman–Crippen LogP) is 5.60. The third-order valence-electron chi connectivity index (χ3n) is 4.80. The smallest absolute Gasteiger partial charge is 0.0642 e. The molecule has 2 heteroatoms. The fourth-order valence-electron chi connectivity index (χ4n) is 3.67. The Labute approximate surface area is 142 Å². The number of benzene rings is 1. The van der Waals surface area contributed by atoms with Gasteiger partial charge in [-0.25, -0.2) is 0 Å². The van der Waals surface area contributed by atoms with Crippen LogP contribution in [0.2, 0.25) is 0 Å². The maximum atomic E-state index is 5.47. The van der Waals surface area contributed by atoms with Crippen molar-refractivity contribution < 1.29 is 4.74 Å². The van der Waals surface area contributed by atoms with Crippen LogP contribution in [0.1, 0.15) is 64.0 Å². The van der Waals surface area contributed by atoms with Gasteiger partial charge in [0.2, 0.25) is 0 Å². The number of anilines is 1. The first-order valence-electron chi connectivity index (χ1n) is 9.35. The van der Waals surface area contributed by atoms with E-state index in [2.05, 4.69) is 50.8 Å². The topological polar surface area (TPSA) is 12.5 Å². The highest BCUT2D eigenvalue weighted by molar-refractivity contribution is 5.73. The summed E-state index contributed by atoms with van der Waals surface area (Å²) in [4.78, 5) is 2.44. The van der Waals surface area contributed by atoms with Crippen LogP contribution in [-0.4, -0.2) is 26.3 Å². The van der Waals surface area contributed by atoms with Crippen LogP contribution in [0.5, 0.6) is 0 Å². The molecule has 0 amide bonds. The molecule has 1 aromatic carbocycles. The average Bonchev–Trinajstić information content (AvgIpc) is 2.58. The minimum Gasteiger partial charge on any atom is -0.378 e. The molecule has 2 nitrogen and oxygen atoms in total. The summed E-state index contributed by atoms with van der Waals surface area (Å²) >= 11 is 0. The van der Waals surface area contributed by atoms with E-state index in [0.29, 0.717) is 0 Å². The van der Waals surface area contributed by atoms with Gasteiger partial charge in [-0.1, -0.05) is 45.3 Å². The van der Waals surface area contributed by atoms with E-state index in [9.17, 15) is 0 Å². The molecule has 0 unspecified atom stereocenters. The van der Waals surface area contributed by atoms with Crippen LogP contribution in [0.15, 0.2) is 23.8 Å². The van der Waals surface area contributed by atoms with Gasteiger partial charge >= 0.3 is 0 Å². The Morgan fingerprint density at radius 3 is 2.22 bits per heavy atom. The number of nitrogens with zero attached hydrogens (tertiary/aromatic N) is 1. The van der Waals surface area contributed by atoms with Gasteiger partial charge < -0.3 is 9.64 Å². The lowest BCUT2D eigenvalue weighted by molar-refractivity contribution is 0.122. The summed E-state index contributed by atoms with van der Waals surface area (Å²) < 4.78 is 5.47. The second kappa shape index (κ2) is 9.12. The molecule has 2 rings (SSSR count). The Morgan fingerprint density at radius 1 is 1.04 bits per heavy atom. The monoisotopic (exact) mass is 315 g/mol. The Hall–Kier alpha value is -1.28. The normalized spacial score (nSPS) is 14.9. The Kier molecular flexibility index (Phi) is 7.16. The number of rotatable bonds is 7. The van der Waals surface area contributed by atoms with Crippen molar-refractivity contribution in [3.8, 4) is 0 Å². The highest BCUT2D eigenvalue weighted by Crippen LogP contribution is 2.32. The molecule has 0 aliphatic carbocycles. The van der Waals surface area contributed by atoms with Gasteiger partial charge in [0.15, 0.2) is 0 Å². The SMILES string of the molecule is CCCC(CCC)=C(CC)c1ccc(N2CCOCC2)cc1C. The first-order chi connectivity index (χ1) is 11.2. The molecule has 0 atom stereocenters. The molecule has 1 heterocycles. The Morgan fingerprint density at radius 2 is 1.70 bits per heavy atom. The Bertz CT molecular complexity index is 519. The lowest BCUT2D eigenvalue weighted by Gasteiger charge is -2.29. The van der Waals surface area contributed by atoms with Crippen molar-refractivity contribution in [3.05, 3.63) is 34.9 Å². The number of ether oxygens (including phenoxy) is 1. The third kappa shape index (κ3) is 4.60. The van der Waals surface area contributed by atoms with Gasteiger partial charge in [-0.15, -0.1) is 0 Å². The molecule has 1 aromatic rings. The van der Waals surface area contributed by atoms with Crippen LogP contribution < -0.4 is 4.90 Å². The summed E-state index contributed by atoms with van der Waals surface area (Å²) in [6.45, 7) is 12.9. The molecule has 1 aliphatic heterocycles. The van der Waals surface area contributed by atoms with E-state index in [1.807, 2.05) is 0 Å². The van der Waals surface area contributed by atoms with Crippen LogP contribution in [0.4, 0.5) is 5.69 Å². The largest absolute Gasteiger partial charge is 0.378 e. The molecular formula is C21H33NO. The van der Waals surface area contributed by atoms with Crippen LogP contribution in [0.25, 0.3) is 5.57 Å². The van der Waals surface area contributed by atoms with Gasteiger partial charge in [-0.2, -0.15) is 0 Å². The van der Waals surface area contributed by atoms with Crippen molar-refractivity contribution in [3.63, 3.8) is 0 Å². The summed E-state index contributed by atoms with van der Waals surface area (Å²) in [6, 6.07) is 7.02. The van der Waals surface area contributed by atoms with Crippen LogP contribution in [-0.2, 0) is 4.74 Å². The van der Waals surface area contributed by atoms with Crippen molar-refractivity contribution in [2.45, 2.75) is 59.8 Å². The van der Waals surface area contributed by atoms with Crippen LogP contribution in [0.3, 0.4) is 0 Å². The van der Waals surface area contributed by atoms with E-state index >= 15 is 0 Å². The maximum Gasteiger partial charge on any atom is 0.0642 e. The van der Waals surface area contributed by atoms with Crippen LogP contribution in [0, 0.1) is 6.92 Å². The van der Waals surface area contributed by atoms with Gasteiger partial charge in [0.25, 0.3) is 0 Å². The van der Waals surface area contributed by atoms with Crippen molar-refractivity contribution in [2.75, 3.05) is 31.2 Å². The lowest BCUT2D eigenvalue weighted by Crippen LogP contribution is -2.36. The highest BCUT2D eigenvalue weighted by atomic mass is 16.5. The molecule has 1 saturated heterocycles. The molecular weight excluding hydrogens is 282 g/mol. The quantitative estimate of drug-likeness (QED) is 0.650. The summed E-state index contributed by atoms with van der Waals surface area (Å²) in [6.07, 6.45) is 6.09. The van der Waals surface area contributed by atoms with Gasteiger partial charge in [-0.05, 0) is 55.0 Å². The van der Waals surface area contributed by atoms with Crippen LogP contribution >= 0.6 is 0 Å². The molecule has 0 saturated carbocycles. The van der Waals surface area contributed by atoms with Gasteiger partial charge in [0.05, 0.1) is 13.2 Å². The molecule has 0 bridgehead atoms. The van der Waals surface area contributed by atoms with Gasteiger partial charge in [0.1, 0.15) is 0 Å². The first kappa shape index (κ1) is 18.1. The van der Waals surface area contributed by atoms with Gasteiger partial charge in [0, 0.05) is 18.8 Å². The molecule has 0 aromatic heterocycles. The number of morpholine rings is 1. The fourth-order valence-corrected chi connectivity index (χ4v) is 3.67. The maximum absolute atomic E-state index is 5.47. The zero-order valence-electron chi connectivity index (χ0n) is 15.5. The standard InChI is InChI=1S/C21H33NO/c1-5-8-18(9-6-2)20(7-3)21-11-10-19(16-17(21)4)22-12-14-23-15-13-22/h10-11,16H,5-9,12-15H2,1-4H3. The zero-order valence-corrected chi connectivity index (χ0v) is 15.5. The highest BCUT2D eigenvalue weighted by Gasteiger charge is 2.14.